The molecule has 0 radical (unpaired) electrons. The highest BCUT2D eigenvalue weighted by Crippen LogP contribution is 2.20. The molecule has 3 rings (SSSR count). The molecule has 2 heterocycles. The minimum atomic E-state index is -3.42. The van der Waals surface area contributed by atoms with Crippen LogP contribution in [0.15, 0.2) is 29.2 Å². The molecule has 1 aromatic carbocycles. The summed E-state index contributed by atoms with van der Waals surface area (Å²) < 4.78 is 26.8. The van der Waals surface area contributed by atoms with Crippen LogP contribution in [-0.2, 0) is 26.0 Å². The zero-order valence-electron chi connectivity index (χ0n) is 15.5. The van der Waals surface area contributed by atoms with Gasteiger partial charge in [0.05, 0.1) is 4.90 Å². The van der Waals surface area contributed by atoms with E-state index >= 15 is 0 Å². The van der Waals surface area contributed by atoms with Crippen LogP contribution >= 0.6 is 0 Å². The maximum absolute atomic E-state index is 12.6. The first-order valence-corrected chi connectivity index (χ1v) is 11.1. The molecule has 2 aliphatic rings. The molecular weight excluding hydrogens is 366 g/mol. The Morgan fingerprint density at radius 1 is 0.889 bits per heavy atom. The van der Waals surface area contributed by atoms with Gasteiger partial charge in [-0.1, -0.05) is 18.6 Å². The van der Waals surface area contributed by atoms with Crippen LogP contribution in [0.4, 0.5) is 0 Å². The summed E-state index contributed by atoms with van der Waals surface area (Å²) in [7, 11) is -3.42. The van der Waals surface area contributed by atoms with Gasteiger partial charge in [0.2, 0.25) is 10.0 Å². The molecule has 0 spiro atoms. The Bertz CT molecular complexity index is 765. The van der Waals surface area contributed by atoms with Crippen molar-refractivity contribution in [2.75, 3.05) is 32.7 Å². The van der Waals surface area contributed by atoms with Crippen molar-refractivity contribution in [2.24, 2.45) is 0 Å². The van der Waals surface area contributed by atoms with Gasteiger partial charge in [-0.2, -0.15) is 4.31 Å². The third-order valence-corrected chi connectivity index (χ3v) is 7.08. The SMILES string of the molecule is O=C(NCCc1ccc(S(=O)(=O)N2CCCCC2)cc1)C(=O)N1CCCC1. The number of likely N-dealkylation sites (tertiary alicyclic amines) is 1. The van der Waals surface area contributed by atoms with Crippen LogP contribution in [0.3, 0.4) is 0 Å². The van der Waals surface area contributed by atoms with Crippen LogP contribution in [0.1, 0.15) is 37.7 Å². The Balaban J connectivity index is 1.50. The minimum absolute atomic E-state index is 0.307. The number of nitrogens with one attached hydrogen (secondary N) is 1. The average Bonchev–Trinajstić information content (AvgIpc) is 3.23. The van der Waals surface area contributed by atoms with Gasteiger partial charge in [0.1, 0.15) is 0 Å². The van der Waals surface area contributed by atoms with Crippen LogP contribution in [0, 0.1) is 0 Å². The van der Waals surface area contributed by atoms with Crippen molar-refractivity contribution in [3.63, 3.8) is 0 Å². The summed E-state index contributed by atoms with van der Waals surface area (Å²) in [6.45, 7) is 2.82. The third kappa shape index (κ3) is 4.87. The number of hydrogen-bond donors (Lipinski definition) is 1. The zero-order valence-corrected chi connectivity index (χ0v) is 16.3. The summed E-state index contributed by atoms with van der Waals surface area (Å²) in [4.78, 5) is 25.7. The molecule has 2 aliphatic heterocycles. The van der Waals surface area contributed by atoms with E-state index in [1.807, 2.05) is 0 Å². The molecular formula is C19H27N3O4S. The van der Waals surface area contributed by atoms with Gasteiger partial charge in [-0.25, -0.2) is 8.42 Å². The standard InChI is InChI=1S/C19H27N3O4S/c23-18(19(24)21-12-4-5-13-21)20-11-10-16-6-8-17(9-7-16)27(25,26)22-14-2-1-3-15-22/h6-9H,1-5,10-15H2,(H,20,23). The average molecular weight is 394 g/mol. The first kappa shape index (κ1) is 19.8. The lowest BCUT2D eigenvalue weighted by molar-refractivity contribution is -0.145. The van der Waals surface area contributed by atoms with Gasteiger partial charge in [0, 0.05) is 32.7 Å². The molecule has 7 nitrogen and oxygen atoms in total. The van der Waals surface area contributed by atoms with Gasteiger partial charge in [0.15, 0.2) is 0 Å². The fourth-order valence-corrected chi connectivity index (χ4v) is 5.06. The monoisotopic (exact) mass is 393 g/mol. The molecule has 0 aromatic heterocycles. The molecule has 1 aromatic rings. The number of nitrogens with zero attached hydrogens (tertiary/aromatic N) is 2. The van der Waals surface area contributed by atoms with Gasteiger partial charge in [0.25, 0.3) is 0 Å². The second-order valence-corrected chi connectivity index (χ2v) is 9.05. The van der Waals surface area contributed by atoms with Crippen molar-refractivity contribution < 1.29 is 18.0 Å². The molecule has 0 saturated carbocycles. The number of carbonyl (C=O) groups is 2. The van der Waals surface area contributed by atoms with Crippen LogP contribution < -0.4 is 5.32 Å². The molecule has 0 bridgehead atoms. The van der Waals surface area contributed by atoms with E-state index in [1.165, 1.54) is 0 Å². The highest BCUT2D eigenvalue weighted by molar-refractivity contribution is 7.89. The minimum Gasteiger partial charge on any atom is -0.347 e. The fraction of sp³-hybridized carbons (Fsp3) is 0.579. The van der Waals surface area contributed by atoms with E-state index in [9.17, 15) is 18.0 Å². The number of piperidine rings is 1. The summed E-state index contributed by atoms with van der Waals surface area (Å²) >= 11 is 0. The number of amides is 2. The Morgan fingerprint density at radius 2 is 1.48 bits per heavy atom. The third-order valence-electron chi connectivity index (χ3n) is 5.16. The van der Waals surface area contributed by atoms with E-state index in [1.54, 1.807) is 33.5 Å². The van der Waals surface area contributed by atoms with Gasteiger partial charge in [-0.05, 0) is 49.8 Å². The number of carbonyl (C=O) groups excluding carboxylic acids is 2. The van der Waals surface area contributed by atoms with Crippen LogP contribution in [0.5, 0.6) is 0 Å². The lowest BCUT2D eigenvalue weighted by atomic mass is 10.1. The van der Waals surface area contributed by atoms with Crippen molar-refractivity contribution in [2.45, 2.75) is 43.4 Å². The quantitative estimate of drug-likeness (QED) is 0.760. The zero-order chi connectivity index (χ0) is 19.3. The Hall–Kier alpha value is -1.93. The van der Waals surface area contributed by atoms with E-state index < -0.39 is 21.8 Å². The molecule has 2 amide bonds. The Morgan fingerprint density at radius 3 is 2.11 bits per heavy atom. The number of rotatable bonds is 5. The van der Waals surface area contributed by atoms with Crippen LogP contribution in [0.25, 0.3) is 0 Å². The molecule has 0 atom stereocenters. The first-order chi connectivity index (χ1) is 13.0. The van der Waals surface area contributed by atoms with Gasteiger partial charge in [-0.15, -0.1) is 0 Å². The molecule has 2 fully saturated rings. The summed E-state index contributed by atoms with van der Waals surface area (Å²) in [6, 6.07) is 6.78. The van der Waals surface area contributed by atoms with E-state index in [4.69, 9.17) is 0 Å². The predicted octanol–water partition coefficient (Wildman–Crippen LogP) is 1.14. The molecule has 1 N–H and O–H groups in total. The topological polar surface area (TPSA) is 86.8 Å². The molecule has 27 heavy (non-hydrogen) atoms. The first-order valence-electron chi connectivity index (χ1n) is 9.65. The number of hydrogen-bond acceptors (Lipinski definition) is 4. The second kappa shape index (κ2) is 8.84. The van der Waals surface area contributed by atoms with Crippen molar-refractivity contribution in [1.82, 2.24) is 14.5 Å². The summed E-state index contributed by atoms with van der Waals surface area (Å²) in [5.74, 6) is -1.03. The number of benzene rings is 1. The van der Waals surface area contributed by atoms with Crippen molar-refractivity contribution in [3.8, 4) is 0 Å². The van der Waals surface area contributed by atoms with E-state index in [0.29, 0.717) is 44.0 Å². The normalized spacial score (nSPS) is 18.4. The maximum atomic E-state index is 12.6. The molecule has 8 heteroatoms. The Labute approximate surface area is 160 Å². The van der Waals surface area contributed by atoms with Crippen molar-refractivity contribution in [1.29, 1.82) is 0 Å². The molecule has 0 aliphatic carbocycles. The van der Waals surface area contributed by atoms with Crippen LogP contribution in [0.2, 0.25) is 0 Å². The maximum Gasteiger partial charge on any atom is 0.311 e. The smallest absolute Gasteiger partial charge is 0.311 e. The van der Waals surface area contributed by atoms with Gasteiger partial charge < -0.3 is 10.2 Å². The van der Waals surface area contributed by atoms with E-state index in [2.05, 4.69) is 5.32 Å². The fourth-order valence-electron chi connectivity index (χ4n) is 3.54. The lowest BCUT2D eigenvalue weighted by Crippen LogP contribution is -2.42. The predicted molar refractivity (Wildman–Crippen MR) is 102 cm³/mol. The highest BCUT2D eigenvalue weighted by Gasteiger charge is 2.26. The summed E-state index contributed by atoms with van der Waals surface area (Å²) in [5.41, 5.74) is 0.918. The molecule has 0 unspecified atom stereocenters. The highest BCUT2D eigenvalue weighted by atomic mass is 32.2. The van der Waals surface area contributed by atoms with E-state index in [0.717, 1.165) is 37.7 Å². The van der Waals surface area contributed by atoms with Crippen molar-refractivity contribution in [3.05, 3.63) is 29.8 Å². The summed E-state index contributed by atoms with van der Waals surface area (Å²) in [5, 5.41) is 2.65. The molecule has 2 saturated heterocycles. The lowest BCUT2D eigenvalue weighted by Gasteiger charge is -2.25. The van der Waals surface area contributed by atoms with E-state index in [-0.39, 0.29) is 0 Å². The van der Waals surface area contributed by atoms with Crippen LogP contribution in [-0.4, -0.2) is 62.2 Å². The number of sulfonamides is 1. The largest absolute Gasteiger partial charge is 0.347 e. The van der Waals surface area contributed by atoms with Gasteiger partial charge in [-0.3, -0.25) is 9.59 Å². The van der Waals surface area contributed by atoms with Crippen molar-refractivity contribution >= 4 is 21.8 Å². The Kier molecular flexibility index (Phi) is 6.49. The summed E-state index contributed by atoms with van der Waals surface area (Å²) in [6.07, 6.45) is 5.34. The second-order valence-electron chi connectivity index (χ2n) is 7.11. The molecule has 148 valence electrons. The van der Waals surface area contributed by atoms with Gasteiger partial charge >= 0.3 is 11.8 Å².